The molecule has 0 amide bonds. The van der Waals surface area contributed by atoms with Crippen LogP contribution in [-0.2, 0) is 0 Å². The second-order valence-electron chi connectivity index (χ2n) is 0.637. The van der Waals surface area contributed by atoms with Crippen LogP contribution < -0.4 is 0 Å². The number of hydrogen-bond acceptors (Lipinski definition) is 0. The Bertz CT molecular complexity index is 55.9. The van der Waals surface area contributed by atoms with E-state index in [1.54, 1.807) is 17.1 Å². The van der Waals surface area contributed by atoms with Gasteiger partial charge in [-0.1, -0.05) is 39.7 Å². The van der Waals surface area contributed by atoms with Crippen LogP contribution in [0.1, 0.15) is 0 Å². The minimum absolute atomic E-state index is 1.44. The lowest BCUT2D eigenvalue weighted by Gasteiger charge is -1.59. The lowest BCUT2D eigenvalue weighted by molar-refractivity contribution is 2.10. The van der Waals surface area contributed by atoms with Crippen LogP contribution in [-0.4, -0.2) is 0 Å². The molecule has 0 atom stereocenters. The maximum Gasteiger partial charge on any atom is 0.00426 e. The first-order valence-electron chi connectivity index (χ1n) is 1.44. The van der Waals surface area contributed by atoms with Gasteiger partial charge in [-0.05, 0) is 4.99 Å². The van der Waals surface area contributed by atoms with E-state index in [9.17, 15) is 0 Å². The molecule has 0 N–H and O–H groups in total. The quantitative estimate of drug-likeness (QED) is 0.527. The van der Waals surface area contributed by atoms with Gasteiger partial charge in [-0.15, -0.1) is 0 Å². The maximum atomic E-state index is 5.13. The van der Waals surface area contributed by atoms with Gasteiger partial charge in [0, 0.05) is 5.54 Å². The summed E-state index contributed by atoms with van der Waals surface area (Å²) >= 11 is 8.19. The van der Waals surface area contributed by atoms with Crippen molar-refractivity contribution in [1.29, 1.82) is 0 Å². The second kappa shape index (κ2) is 5.25. The average molecular weight is 167 g/mol. The van der Waals surface area contributed by atoms with E-state index in [0.717, 1.165) is 0 Å². The predicted octanol–water partition coefficient (Wildman–Crippen LogP) is 2.65. The lowest BCUT2D eigenvalue weighted by atomic mass is 10.6. The molecule has 0 aliphatic carbocycles. The van der Waals surface area contributed by atoms with Crippen LogP contribution in [0.4, 0.5) is 0 Å². The largest absolute Gasteiger partial charge is 0.0930 e. The van der Waals surface area contributed by atoms with Crippen LogP contribution in [0.15, 0.2) is 22.7 Å². The third-order valence-electron chi connectivity index (χ3n) is 0.257. The van der Waals surface area contributed by atoms with Crippen molar-refractivity contribution in [3.63, 3.8) is 0 Å². The van der Waals surface area contributed by atoms with Crippen molar-refractivity contribution >= 4 is 27.5 Å². The van der Waals surface area contributed by atoms with E-state index in [2.05, 4.69) is 15.9 Å². The zero-order valence-electron chi connectivity index (χ0n) is 3.07. The summed E-state index contributed by atoms with van der Waals surface area (Å²) in [6, 6.07) is 0. The molecule has 6 heavy (non-hydrogen) atoms. The molecule has 34 valence electrons. The minimum atomic E-state index is 1.44. The monoisotopic (exact) mass is 166 g/mol. The second-order valence-corrected chi connectivity index (χ2v) is 1.42. The van der Waals surface area contributed by atoms with Crippen molar-refractivity contribution in [3.05, 3.63) is 22.7 Å². The summed E-state index contributed by atoms with van der Waals surface area (Å²) in [6.45, 7) is 0. The van der Waals surface area contributed by atoms with Crippen LogP contribution in [0.25, 0.3) is 0 Å². The van der Waals surface area contributed by atoms with Gasteiger partial charge in [-0.25, -0.2) is 0 Å². The summed E-state index contributed by atoms with van der Waals surface area (Å²) in [5, 5.41) is 0. The molecule has 0 saturated carbocycles. The molecule has 0 aliphatic rings. The molecule has 0 rings (SSSR count). The molecule has 2 heteroatoms. The highest BCUT2D eigenvalue weighted by Gasteiger charge is 1.51. The molecule has 0 aliphatic heterocycles. The zero-order chi connectivity index (χ0) is 4.83. The highest BCUT2D eigenvalue weighted by atomic mass is 79.9. The third-order valence-corrected chi connectivity index (χ3v) is 0.707. The standard InChI is InChI=1S/C4H4BrCl/c5-3-1-2-4-6/h1-4H/b3-1-,4-2-. The normalized spacial score (nSPS) is 11.7. The number of rotatable bonds is 1. The minimum Gasteiger partial charge on any atom is -0.0930 e. The van der Waals surface area contributed by atoms with E-state index >= 15 is 0 Å². The topological polar surface area (TPSA) is 0 Å². The fourth-order valence-electron chi connectivity index (χ4n) is 0.0840. The molecule has 0 heterocycles. The molecule has 0 spiro atoms. The summed E-state index contributed by atoms with van der Waals surface area (Å²) < 4.78 is 0. The molecular formula is C4H4BrCl. The highest BCUT2D eigenvalue weighted by Crippen LogP contribution is 1.84. The van der Waals surface area contributed by atoms with E-state index in [4.69, 9.17) is 11.6 Å². The molecule has 0 aromatic carbocycles. The SMILES string of the molecule is Cl/C=C\C=C/Br. The van der Waals surface area contributed by atoms with Crippen molar-refractivity contribution in [3.8, 4) is 0 Å². The molecule has 0 aromatic rings. The molecule has 0 fully saturated rings. The third kappa shape index (κ3) is 4.25. The van der Waals surface area contributed by atoms with Crippen molar-refractivity contribution in [2.45, 2.75) is 0 Å². The van der Waals surface area contributed by atoms with Gasteiger partial charge in [0.25, 0.3) is 0 Å². The van der Waals surface area contributed by atoms with Gasteiger partial charge >= 0.3 is 0 Å². The first-order chi connectivity index (χ1) is 2.91. The van der Waals surface area contributed by atoms with Crippen LogP contribution >= 0.6 is 27.5 Å². The van der Waals surface area contributed by atoms with Gasteiger partial charge in [0.2, 0.25) is 0 Å². The number of hydrogen-bond donors (Lipinski definition) is 0. The van der Waals surface area contributed by atoms with Crippen LogP contribution in [0.2, 0.25) is 0 Å². The van der Waals surface area contributed by atoms with Gasteiger partial charge in [0.1, 0.15) is 0 Å². The Labute approximate surface area is 50.6 Å². The summed E-state index contributed by atoms with van der Waals surface area (Å²) in [5.74, 6) is 0. The summed E-state index contributed by atoms with van der Waals surface area (Å²) in [6.07, 6.45) is 3.50. The predicted molar refractivity (Wildman–Crippen MR) is 33.1 cm³/mol. The van der Waals surface area contributed by atoms with Crippen molar-refractivity contribution in [1.82, 2.24) is 0 Å². The maximum absolute atomic E-state index is 5.13. The molecule has 0 nitrogen and oxygen atoms in total. The summed E-state index contributed by atoms with van der Waals surface area (Å²) in [7, 11) is 0. The van der Waals surface area contributed by atoms with Crippen LogP contribution in [0.3, 0.4) is 0 Å². The Morgan fingerprint density at radius 3 is 2.17 bits per heavy atom. The Balaban J connectivity index is 3.07. The van der Waals surface area contributed by atoms with Crippen molar-refractivity contribution in [2.24, 2.45) is 0 Å². The Hall–Kier alpha value is 0.250. The number of allylic oxidation sites excluding steroid dienone is 2. The molecule has 0 radical (unpaired) electrons. The fourth-order valence-corrected chi connectivity index (χ4v) is 0.344. The highest BCUT2D eigenvalue weighted by molar-refractivity contribution is 9.11. The van der Waals surface area contributed by atoms with Gasteiger partial charge in [0.15, 0.2) is 0 Å². The molecule has 0 unspecified atom stereocenters. The first-order valence-corrected chi connectivity index (χ1v) is 2.79. The van der Waals surface area contributed by atoms with Gasteiger partial charge in [-0.3, -0.25) is 0 Å². The van der Waals surface area contributed by atoms with E-state index in [1.165, 1.54) is 5.54 Å². The Kier molecular flexibility index (Phi) is 5.47. The smallest absolute Gasteiger partial charge is 0.00426 e. The van der Waals surface area contributed by atoms with Crippen LogP contribution in [0, 0.1) is 0 Å². The Morgan fingerprint density at radius 2 is 2.00 bits per heavy atom. The molecule has 0 aromatic heterocycles. The average Bonchev–Trinajstić information content (AvgIpc) is 1.61. The zero-order valence-corrected chi connectivity index (χ0v) is 5.41. The fraction of sp³-hybridized carbons (Fsp3) is 0. The lowest BCUT2D eigenvalue weighted by Crippen LogP contribution is -1.34. The van der Waals surface area contributed by atoms with Gasteiger partial charge in [-0.2, -0.15) is 0 Å². The summed E-state index contributed by atoms with van der Waals surface area (Å²) in [5.41, 5.74) is 1.44. The van der Waals surface area contributed by atoms with Gasteiger partial charge < -0.3 is 0 Å². The van der Waals surface area contributed by atoms with Gasteiger partial charge in [0.05, 0.1) is 0 Å². The summed E-state index contributed by atoms with van der Waals surface area (Å²) in [4.78, 5) is 1.73. The molecule has 0 bridgehead atoms. The van der Waals surface area contributed by atoms with E-state index in [0.29, 0.717) is 0 Å². The van der Waals surface area contributed by atoms with Crippen molar-refractivity contribution in [2.75, 3.05) is 0 Å². The first kappa shape index (κ1) is 6.25. The Morgan fingerprint density at radius 1 is 1.33 bits per heavy atom. The van der Waals surface area contributed by atoms with Crippen LogP contribution in [0.5, 0.6) is 0 Å². The molecule has 0 saturated heterocycles. The van der Waals surface area contributed by atoms with Crippen molar-refractivity contribution < 1.29 is 0 Å². The molecular weight excluding hydrogens is 163 g/mol. The number of halogens is 2. The van der Waals surface area contributed by atoms with E-state index in [1.807, 2.05) is 0 Å². The van der Waals surface area contributed by atoms with E-state index < -0.39 is 0 Å². The van der Waals surface area contributed by atoms with E-state index in [-0.39, 0.29) is 0 Å².